The van der Waals surface area contributed by atoms with Crippen LogP contribution >= 0.6 is 0 Å². The maximum absolute atomic E-state index is 10.0. The maximum Gasteiger partial charge on any atom is 0.500 e. The van der Waals surface area contributed by atoms with Gasteiger partial charge in [0.25, 0.3) is 0 Å². The molecule has 2 N–H and O–H groups in total. The van der Waals surface area contributed by atoms with Crippen LogP contribution in [0.5, 0.6) is 5.75 Å². The van der Waals surface area contributed by atoms with E-state index in [0.29, 0.717) is 5.46 Å². The third-order valence-electron chi connectivity index (χ3n) is 3.84. The molecule has 0 amide bonds. The highest BCUT2D eigenvalue weighted by Crippen LogP contribution is 2.37. The van der Waals surface area contributed by atoms with Crippen molar-refractivity contribution in [3.05, 3.63) is 18.2 Å². The minimum atomic E-state index is -0.557. The third kappa shape index (κ3) is 1.97. The number of hydrogen-bond donors (Lipinski definition) is 2. The fourth-order valence-electron chi connectivity index (χ4n) is 1.98. The summed E-state index contributed by atoms with van der Waals surface area (Å²) in [6.45, 7) is 7.97. The summed E-state index contributed by atoms with van der Waals surface area (Å²) in [5.74, 6) is 0.181. The molecule has 1 saturated heterocycles. The Morgan fingerprint density at radius 1 is 1.11 bits per heavy atom. The highest BCUT2D eigenvalue weighted by atomic mass is 16.7. The van der Waals surface area contributed by atoms with E-state index in [4.69, 9.17) is 9.31 Å². The van der Waals surface area contributed by atoms with Gasteiger partial charge in [-0.1, -0.05) is 6.07 Å². The van der Waals surface area contributed by atoms with Crippen molar-refractivity contribution < 1.29 is 14.4 Å². The average Bonchev–Trinajstić information content (AvgIpc) is 2.47. The minimum Gasteiger partial charge on any atom is -0.508 e. The first-order valence-electron chi connectivity index (χ1n) is 6.14. The number of aromatic hydroxyl groups is 1. The Bertz CT molecular complexity index is 444. The van der Waals surface area contributed by atoms with Gasteiger partial charge in [0.05, 0.1) is 11.2 Å². The largest absolute Gasteiger partial charge is 0.508 e. The zero-order valence-corrected chi connectivity index (χ0v) is 11.6. The lowest BCUT2D eigenvalue weighted by molar-refractivity contribution is 0.00578. The molecular formula is C13H20BNO3. The second-order valence-corrected chi connectivity index (χ2v) is 5.58. The summed E-state index contributed by atoms with van der Waals surface area (Å²) in [4.78, 5) is 0. The van der Waals surface area contributed by atoms with Crippen molar-refractivity contribution >= 4 is 18.3 Å². The first-order valence-corrected chi connectivity index (χ1v) is 6.14. The molecule has 1 heterocycles. The molecule has 0 spiro atoms. The molecule has 98 valence electrons. The molecule has 1 aromatic carbocycles. The Kier molecular flexibility index (Phi) is 3.07. The highest BCUT2D eigenvalue weighted by molar-refractivity contribution is 6.65. The van der Waals surface area contributed by atoms with E-state index in [0.717, 1.165) is 5.69 Å². The van der Waals surface area contributed by atoms with Gasteiger partial charge < -0.3 is 19.7 Å². The summed E-state index contributed by atoms with van der Waals surface area (Å²) in [7, 11) is 1.25. The molecular weight excluding hydrogens is 229 g/mol. The topological polar surface area (TPSA) is 50.7 Å². The highest BCUT2D eigenvalue weighted by Gasteiger charge is 2.53. The van der Waals surface area contributed by atoms with Gasteiger partial charge in [0, 0.05) is 18.2 Å². The van der Waals surface area contributed by atoms with Crippen LogP contribution in [0.1, 0.15) is 27.7 Å². The average molecular weight is 249 g/mol. The van der Waals surface area contributed by atoms with Crippen LogP contribution in [0.4, 0.5) is 5.69 Å². The van der Waals surface area contributed by atoms with Gasteiger partial charge in [-0.2, -0.15) is 0 Å². The number of hydrogen-bond acceptors (Lipinski definition) is 4. The smallest absolute Gasteiger partial charge is 0.500 e. The lowest BCUT2D eigenvalue weighted by Gasteiger charge is -2.32. The second-order valence-electron chi connectivity index (χ2n) is 5.58. The van der Waals surface area contributed by atoms with E-state index in [-0.39, 0.29) is 5.75 Å². The standard InChI is InChI=1S/C13H20BNO3/c1-12(2)13(3,4)18-14(17-12)11-9(15-5)7-6-8-10(11)16/h6-8,15-16H,1-5H3. The van der Waals surface area contributed by atoms with Crippen molar-refractivity contribution in [1.29, 1.82) is 0 Å². The molecule has 2 rings (SSSR count). The summed E-state index contributed by atoms with van der Waals surface area (Å²) in [5.41, 5.74) is 0.641. The predicted octanol–water partition coefficient (Wildman–Crippen LogP) is 1.73. The Morgan fingerprint density at radius 2 is 1.67 bits per heavy atom. The van der Waals surface area contributed by atoms with Gasteiger partial charge in [0.15, 0.2) is 0 Å². The van der Waals surface area contributed by atoms with Crippen LogP contribution in [0.15, 0.2) is 18.2 Å². The Labute approximate surface area is 108 Å². The fraction of sp³-hybridized carbons (Fsp3) is 0.538. The van der Waals surface area contributed by atoms with E-state index in [1.165, 1.54) is 0 Å². The van der Waals surface area contributed by atoms with Crippen molar-refractivity contribution in [2.75, 3.05) is 12.4 Å². The normalized spacial score (nSPS) is 21.1. The Balaban J connectivity index is 2.41. The summed E-state index contributed by atoms with van der Waals surface area (Å²) in [5, 5.41) is 13.1. The first kappa shape index (κ1) is 13.2. The van der Waals surface area contributed by atoms with E-state index in [2.05, 4.69) is 5.32 Å². The van der Waals surface area contributed by atoms with Crippen molar-refractivity contribution in [1.82, 2.24) is 0 Å². The number of nitrogens with one attached hydrogen (secondary N) is 1. The Morgan fingerprint density at radius 3 is 2.17 bits per heavy atom. The monoisotopic (exact) mass is 249 g/mol. The van der Waals surface area contributed by atoms with E-state index in [9.17, 15) is 5.11 Å². The number of anilines is 1. The van der Waals surface area contributed by atoms with E-state index in [1.54, 1.807) is 12.1 Å². The minimum absolute atomic E-state index is 0.181. The molecule has 0 radical (unpaired) electrons. The molecule has 5 heteroatoms. The van der Waals surface area contributed by atoms with Crippen LogP contribution in [-0.2, 0) is 9.31 Å². The molecule has 0 aliphatic carbocycles. The zero-order chi connectivity index (χ0) is 13.6. The van der Waals surface area contributed by atoms with Gasteiger partial charge >= 0.3 is 7.12 Å². The molecule has 1 aliphatic rings. The van der Waals surface area contributed by atoms with E-state index in [1.807, 2.05) is 40.8 Å². The molecule has 0 atom stereocenters. The molecule has 0 unspecified atom stereocenters. The van der Waals surface area contributed by atoms with Gasteiger partial charge in [-0.15, -0.1) is 0 Å². The molecule has 4 nitrogen and oxygen atoms in total. The lowest BCUT2D eigenvalue weighted by atomic mass is 9.77. The van der Waals surface area contributed by atoms with Crippen LogP contribution in [0.3, 0.4) is 0 Å². The van der Waals surface area contributed by atoms with Crippen LogP contribution in [-0.4, -0.2) is 30.5 Å². The third-order valence-corrected chi connectivity index (χ3v) is 3.84. The van der Waals surface area contributed by atoms with Gasteiger partial charge in [-0.3, -0.25) is 0 Å². The molecule has 0 bridgehead atoms. The molecule has 1 aromatic rings. The lowest BCUT2D eigenvalue weighted by Crippen LogP contribution is -2.41. The SMILES string of the molecule is CNc1cccc(O)c1B1OC(C)(C)C(C)(C)O1. The van der Waals surface area contributed by atoms with Gasteiger partial charge in [-0.25, -0.2) is 0 Å². The number of rotatable bonds is 2. The first-order chi connectivity index (χ1) is 8.28. The summed E-state index contributed by atoms with van der Waals surface area (Å²) < 4.78 is 11.9. The zero-order valence-electron chi connectivity index (χ0n) is 11.6. The van der Waals surface area contributed by atoms with Gasteiger partial charge in [-0.05, 0) is 39.8 Å². The summed E-state index contributed by atoms with van der Waals surface area (Å²) in [6.07, 6.45) is 0. The summed E-state index contributed by atoms with van der Waals surface area (Å²) in [6, 6.07) is 5.32. The van der Waals surface area contributed by atoms with Crippen molar-refractivity contribution in [2.24, 2.45) is 0 Å². The molecule has 0 saturated carbocycles. The molecule has 18 heavy (non-hydrogen) atoms. The summed E-state index contributed by atoms with van der Waals surface area (Å²) >= 11 is 0. The molecule has 1 fully saturated rings. The predicted molar refractivity (Wildman–Crippen MR) is 73.4 cm³/mol. The molecule has 0 aromatic heterocycles. The van der Waals surface area contributed by atoms with Crippen LogP contribution in [0.2, 0.25) is 0 Å². The van der Waals surface area contributed by atoms with Crippen LogP contribution < -0.4 is 10.8 Å². The fourth-order valence-corrected chi connectivity index (χ4v) is 1.98. The number of phenolic OH excluding ortho intramolecular Hbond substituents is 1. The van der Waals surface area contributed by atoms with E-state index < -0.39 is 18.3 Å². The van der Waals surface area contributed by atoms with Crippen molar-refractivity contribution in [2.45, 2.75) is 38.9 Å². The van der Waals surface area contributed by atoms with Crippen LogP contribution in [0, 0.1) is 0 Å². The van der Waals surface area contributed by atoms with Crippen molar-refractivity contribution in [3.63, 3.8) is 0 Å². The number of benzene rings is 1. The van der Waals surface area contributed by atoms with Crippen LogP contribution in [0.25, 0.3) is 0 Å². The van der Waals surface area contributed by atoms with Gasteiger partial charge in [0.2, 0.25) is 0 Å². The van der Waals surface area contributed by atoms with Gasteiger partial charge in [0.1, 0.15) is 5.75 Å². The molecule has 1 aliphatic heterocycles. The Hall–Kier alpha value is -1.20. The second kappa shape index (κ2) is 4.18. The quantitative estimate of drug-likeness (QED) is 0.784. The number of phenols is 1. The van der Waals surface area contributed by atoms with Crippen molar-refractivity contribution in [3.8, 4) is 5.75 Å². The van der Waals surface area contributed by atoms with E-state index >= 15 is 0 Å². The maximum atomic E-state index is 10.0.